The molecule has 0 unspecified atom stereocenters. The predicted octanol–water partition coefficient (Wildman–Crippen LogP) is 2.68. The van der Waals surface area contributed by atoms with E-state index in [1.807, 2.05) is 67.6 Å². The molecule has 160 valence electrons. The van der Waals surface area contributed by atoms with Gasteiger partial charge in [0.1, 0.15) is 0 Å². The van der Waals surface area contributed by atoms with E-state index < -0.39 is 17.2 Å². The number of hydrogen-bond donors (Lipinski definition) is 1. The number of amides is 1. The van der Waals surface area contributed by atoms with E-state index in [4.69, 9.17) is 0 Å². The Labute approximate surface area is 184 Å². The number of carbonyl (C=O) groups is 1. The van der Waals surface area contributed by atoms with Gasteiger partial charge in [-0.1, -0.05) is 78.4 Å². The first-order valence-corrected chi connectivity index (χ1v) is 10.2. The second kappa shape index (κ2) is 9.26. The molecule has 4 rings (SSSR count). The summed E-state index contributed by atoms with van der Waals surface area (Å²) >= 11 is 0. The Morgan fingerprint density at radius 2 is 1.47 bits per heavy atom. The van der Waals surface area contributed by atoms with Crippen LogP contribution in [-0.4, -0.2) is 20.3 Å². The molecule has 4 aromatic rings. The molecule has 3 aromatic carbocycles. The van der Waals surface area contributed by atoms with Gasteiger partial charge in [-0.2, -0.15) is 9.78 Å². The van der Waals surface area contributed by atoms with Gasteiger partial charge < -0.3 is 5.32 Å². The number of rotatable bonds is 6. The van der Waals surface area contributed by atoms with E-state index in [2.05, 4.69) is 10.4 Å². The molecule has 0 bridgehead atoms. The summed E-state index contributed by atoms with van der Waals surface area (Å²) < 4.78 is 2.13. The lowest BCUT2D eigenvalue weighted by molar-refractivity contribution is 0.0941. The molecule has 0 saturated heterocycles. The van der Waals surface area contributed by atoms with Gasteiger partial charge in [-0.3, -0.25) is 14.2 Å². The number of aromatic nitrogens is 3. The van der Waals surface area contributed by atoms with Gasteiger partial charge in [0.25, 0.3) is 11.5 Å². The van der Waals surface area contributed by atoms with Crippen LogP contribution in [0.2, 0.25) is 0 Å². The van der Waals surface area contributed by atoms with E-state index in [1.54, 1.807) is 24.3 Å². The summed E-state index contributed by atoms with van der Waals surface area (Å²) in [5.74, 6) is -0.638. The van der Waals surface area contributed by atoms with Crippen molar-refractivity contribution in [2.45, 2.75) is 20.0 Å². The van der Waals surface area contributed by atoms with E-state index >= 15 is 0 Å². The summed E-state index contributed by atoms with van der Waals surface area (Å²) in [6, 6.07) is 25.6. The van der Waals surface area contributed by atoms with Crippen LogP contribution in [0.25, 0.3) is 5.69 Å². The fourth-order valence-electron chi connectivity index (χ4n) is 3.27. The van der Waals surface area contributed by atoms with Gasteiger partial charge in [-0.15, -0.1) is 0 Å². The van der Waals surface area contributed by atoms with Crippen LogP contribution < -0.4 is 16.6 Å². The molecule has 1 aromatic heterocycles. The Bertz CT molecular complexity index is 1340. The molecular weight excluding hydrogens is 404 g/mol. The van der Waals surface area contributed by atoms with E-state index in [-0.39, 0.29) is 18.8 Å². The second-order valence-corrected chi connectivity index (χ2v) is 7.42. The van der Waals surface area contributed by atoms with Crippen LogP contribution in [0.15, 0.2) is 94.5 Å². The van der Waals surface area contributed by atoms with Gasteiger partial charge >= 0.3 is 5.69 Å². The molecule has 1 heterocycles. The third kappa shape index (κ3) is 4.57. The van der Waals surface area contributed by atoms with Gasteiger partial charge in [0.05, 0.1) is 12.2 Å². The first kappa shape index (κ1) is 21.0. The zero-order chi connectivity index (χ0) is 22.5. The van der Waals surface area contributed by atoms with Crippen molar-refractivity contribution in [3.8, 4) is 5.69 Å². The maximum atomic E-state index is 13.1. The summed E-state index contributed by atoms with van der Waals surface area (Å²) in [5.41, 5.74) is 1.52. The van der Waals surface area contributed by atoms with Crippen molar-refractivity contribution < 1.29 is 4.79 Å². The molecule has 0 atom stereocenters. The van der Waals surface area contributed by atoms with Crippen molar-refractivity contribution in [3.63, 3.8) is 0 Å². The highest BCUT2D eigenvalue weighted by molar-refractivity contribution is 5.91. The Morgan fingerprint density at radius 1 is 0.844 bits per heavy atom. The molecule has 0 radical (unpaired) electrons. The van der Waals surface area contributed by atoms with Crippen molar-refractivity contribution >= 4 is 5.91 Å². The maximum Gasteiger partial charge on any atom is 0.352 e. The summed E-state index contributed by atoms with van der Waals surface area (Å²) in [6.07, 6.45) is 0. The number of benzene rings is 3. The van der Waals surface area contributed by atoms with Crippen molar-refractivity contribution in [1.29, 1.82) is 0 Å². The van der Waals surface area contributed by atoms with E-state index in [0.717, 1.165) is 25.9 Å². The van der Waals surface area contributed by atoms with Crippen molar-refractivity contribution in [2.24, 2.45) is 0 Å². The third-order valence-corrected chi connectivity index (χ3v) is 5.03. The van der Waals surface area contributed by atoms with Crippen LogP contribution in [0.5, 0.6) is 0 Å². The summed E-state index contributed by atoms with van der Waals surface area (Å²) in [5, 5.41) is 6.85. The van der Waals surface area contributed by atoms with Crippen LogP contribution in [0.1, 0.15) is 27.2 Å². The minimum absolute atomic E-state index is 0.0340. The third-order valence-electron chi connectivity index (χ3n) is 5.03. The smallest absolute Gasteiger partial charge is 0.346 e. The molecule has 0 saturated carbocycles. The summed E-state index contributed by atoms with van der Waals surface area (Å²) in [4.78, 5) is 39.2. The average molecular weight is 426 g/mol. The second-order valence-electron chi connectivity index (χ2n) is 7.42. The van der Waals surface area contributed by atoms with Crippen LogP contribution in [0.3, 0.4) is 0 Å². The zero-order valence-electron chi connectivity index (χ0n) is 17.6. The molecule has 1 N–H and O–H groups in total. The topological polar surface area (TPSA) is 86.0 Å². The summed E-state index contributed by atoms with van der Waals surface area (Å²) in [6.45, 7) is 2.23. The maximum absolute atomic E-state index is 13.1. The van der Waals surface area contributed by atoms with Crippen molar-refractivity contribution in [1.82, 2.24) is 19.7 Å². The minimum Gasteiger partial charge on any atom is -0.346 e. The normalized spacial score (nSPS) is 10.7. The Balaban J connectivity index is 1.76. The molecule has 1 amide bonds. The Hall–Kier alpha value is -4.26. The lowest BCUT2D eigenvalue weighted by Gasteiger charge is -2.12. The lowest BCUT2D eigenvalue weighted by Crippen LogP contribution is -2.46. The fraction of sp³-hybridized carbons (Fsp3) is 0.120. The number of nitrogens with one attached hydrogen (secondary N) is 1. The van der Waals surface area contributed by atoms with Gasteiger partial charge in [0, 0.05) is 6.54 Å². The lowest BCUT2D eigenvalue weighted by atomic mass is 10.1. The molecule has 0 aliphatic heterocycles. The molecule has 0 aliphatic carbocycles. The molecule has 32 heavy (non-hydrogen) atoms. The quantitative estimate of drug-likeness (QED) is 0.514. The van der Waals surface area contributed by atoms with Crippen LogP contribution in [-0.2, 0) is 13.1 Å². The van der Waals surface area contributed by atoms with E-state index in [1.165, 1.54) is 0 Å². The Kier molecular flexibility index (Phi) is 6.07. The summed E-state index contributed by atoms with van der Waals surface area (Å²) in [7, 11) is 0. The van der Waals surface area contributed by atoms with Crippen molar-refractivity contribution in [3.05, 3.63) is 128 Å². The van der Waals surface area contributed by atoms with E-state index in [9.17, 15) is 14.4 Å². The van der Waals surface area contributed by atoms with Crippen LogP contribution in [0.4, 0.5) is 0 Å². The number of aryl methyl sites for hydroxylation is 1. The SMILES string of the molecule is Cc1ccc(Cn2c(=O)c(C(=O)NCc3ccccc3)nn(-c3ccccc3)c2=O)cc1. The van der Waals surface area contributed by atoms with Gasteiger partial charge in [-0.05, 0) is 30.2 Å². The zero-order valence-corrected chi connectivity index (χ0v) is 17.6. The number of nitrogens with zero attached hydrogens (tertiary/aromatic N) is 3. The van der Waals surface area contributed by atoms with E-state index in [0.29, 0.717) is 5.69 Å². The average Bonchev–Trinajstić information content (AvgIpc) is 2.83. The largest absolute Gasteiger partial charge is 0.352 e. The molecule has 0 spiro atoms. The van der Waals surface area contributed by atoms with Crippen LogP contribution >= 0.6 is 0 Å². The highest BCUT2D eigenvalue weighted by atomic mass is 16.2. The molecule has 7 nitrogen and oxygen atoms in total. The minimum atomic E-state index is -0.728. The van der Waals surface area contributed by atoms with Gasteiger partial charge in [-0.25, -0.2) is 4.79 Å². The van der Waals surface area contributed by atoms with Crippen LogP contribution in [0, 0.1) is 6.92 Å². The molecular formula is C25H22N4O3. The number of hydrogen-bond acceptors (Lipinski definition) is 4. The molecule has 7 heteroatoms. The first-order valence-electron chi connectivity index (χ1n) is 10.2. The fourth-order valence-corrected chi connectivity index (χ4v) is 3.27. The monoisotopic (exact) mass is 426 g/mol. The van der Waals surface area contributed by atoms with Gasteiger partial charge in [0.15, 0.2) is 0 Å². The highest BCUT2D eigenvalue weighted by Crippen LogP contribution is 2.06. The first-order chi connectivity index (χ1) is 15.5. The molecule has 0 fully saturated rings. The number of carbonyl (C=O) groups excluding carboxylic acids is 1. The van der Waals surface area contributed by atoms with Crippen molar-refractivity contribution in [2.75, 3.05) is 0 Å². The predicted molar refractivity (Wildman–Crippen MR) is 122 cm³/mol. The van der Waals surface area contributed by atoms with Gasteiger partial charge in [0.2, 0.25) is 5.69 Å². The number of para-hydroxylation sites is 1. The standard InChI is InChI=1S/C25H22N4O3/c1-18-12-14-20(15-13-18)17-28-24(31)22(23(30)26-16-19-8-4-2-5-9-19)27-29(25(28)32)21-10-6-3-7-11-21/h2-15H,16-17H2,1H3,(H,26,30). The Morgan fingerprint density at radius 3 is 2.12 bits per heavy atom. The molecule has 0 aliphatic rings. The highest BCUT2D eigenvalue weighted by Gasteiger charge is 2.20.